The van der Waals surface area contributed by atoms with Gasteiger partial charge in [-0.1, -0.05) is 0 Å². The molecule has 1 saturated heterocycles. The second-order valence-corrected chi connectivity index (χ2v) is 7.62. The Kier molecular flexibility index (Phi) is 14.5. The summed E-state index contributed by atoms with van der Waals surface area (Å²) in [7, 11) is 1.55. The molecule has 31 heavy (non-hydrogen) atoms. The van der Waals surface area contributed by atoms with Crippen LogP contribution in [0.25, 0.3) is 0 Å². The first-order valence-corrected chi connectivity index (χ1v) is 10.4. The maximum Gasteiger partial charge on any atom is 0.309 e. The maximum atomic E-state index is 11.4. The van der Waals surface area contributed by atoms with Crippen LogP contribution < -0.4 is 0 Å². The van der Waals surface area contributed by atoms with Crippen molar-refractivity contribution in [2.45, 2.75) is 97.2 Å². The summed E-state index contributed by atoms with van der Waals surface area (Å²) in [6.07, 6.45) is -1.47. The number of carbonyl (C=O) groups is 4. The van der Waals surface area contributed by atoms with Gasteiger partial charge < -0.3 is 28.8 Å². The third-order valence-corrected chi connectivity index (χ3v) is 4.02. The van der Waals surface area contributed by atoms with Crippen molar-refractivity contribution in [3.8, 4) is 0 Å². The first-order chi connectivity index (χ1) is 14.4. The lowest BCUT2D eigenvalue weighted by Crippen LogP contribution is -2.29. The first-order valence-electron chi connectivity index (χ1n) is 10.4. The van der Waals surface area contributed by atoms with Crippen molar-refractivity contribution in [1.29, 1.82) is 0 Å². The molecule has 2 unspecified atom stereocenters. The van der Waals surface area contributed by atoms with E-state index in [2.05, 4.69) is 0 Å². The molecular formula is C21H36O10. The standard InChI is InChI=1S/C12H18O6.C9H18O4/c1-7-4-10(13)17-9(3)6-12(15)18-8(2)5-11(14)16-7;1-7(10)4-5-13-9(11)6-8(2)12-3/h7-9H,4-6H2,1-3H3;7-8,10H,4-6H2,1-3H3/t7-,8-,9?;7?,8-/m11/s1. The van der Waals surface area contributed by atoms with E-state index >= 15 is 0 Å². The van der Waals surface area contributed by atoms with E-state index in [0.29, 0.717) is 6.42 Å². The molecule has 0 saturated carbocycles. The second kappa shape index (κ2) is 15.6. The molecule has 0 bridgehead atoms. The van der Waals surface area contributed by atoms with Gasteiger partial charge in [0.1, 0.15) is 18.3 Å². The van der Waals surface area contributed by atoms with Crippen LogP contribution >= 0.6 is 0 Å². The molecule has 1 heterocycles. The number of aliphatic hydroxyl groups excluding tert-OH is 1. The van der Waals surface area contributed by atoms with E-state index in [1.54, 1.807) is 41.7 Å². The topological polar surface area (TPSA) is 135 Å². The van der Waals surface area contributed by atoms with Crippen LogP contribution in [0.3, 0.4) is 0 Å². The van der Waals surface area contributed by atoms with Gasteiger partial charge in [-0.3, -0.25) is 19.2 Å². The summed E-state index contributed by atoms with van der Waals surface area (Å²) in [6, 6.07) is 0. The maximum absolute atomic E-state index is 11.4. The van der Waals surface area contributed by atoms with Crippen LogP contribution in [-0.2, 0) is 42.9 Å². The lowest BCUT2D eigenvalue weighted by Gasteiger charge is -2.20. The van der Waals surface area contributed by atoms with Crippen LogP contribution in [-0.4, -0.2) is 73.2 Å². The van der Waals surface area contributed by atoms with Crippen LogP contribution in [0.4, 0.5) is 0 Å². The minimum atomic E-state index is -0.542. The minimum Gasteiger partial charge on any atom is -0.466 e. The average molecular weight is 449 g/mol. The van der Waals surface area contributed by atoms with E-state index in [-0.39, 0.29) is 44.4 Å². The fourth-order valence-electron chi connectivity index (χ4n) is 2.37. The molecule has 0 aromatic rings. The summed E-state index contributed by atoms with van der Waals surface area (Å²) in [5.74, 6) is -1.77. The fourth-order valence-corrected chi connectivity index (χ4v) is 2.37. The Labute approximate surface area is 183 Å². The molecule has 0 aliphatic carbocycles. The zero-order valence-electron chi connectivity index (χ0n) is 19.3. The molecule has 180 valence electrons. The Bertz CT molecular complexity index is 498. The highest BCUT2D eigenvalue weighted by molar-refractivity contribution is 5.75. The van der Waals surface area contributed by atoms with Crippen LogP contribution in [0, 0.1) is 0 Å². The van der Waals surface area contributed by atoms with Crippen LogP contribution in [0.1, 0.15) is 66.7 Å². The van der Waals surface area contributed by atoms with Crippen molar-refractivity contribution in [2.24, 2.45) is 0 Å². The van der Waals surface area contributed by atoms with Gasteiger partial charge in [0.15, 0.2) is 0 Å². The highest BCUT2D eigenvalue weighted by Gasteiger charge is 2.23. The van der Waals surface area contributed by atoms with E-state index in [1.807, 2.05) is 0 Å². The third-order valence-electron chi connectivity index (χ3n) is 4.02. The van der Waals surface area contributed by atoms with Gasteiger partial charge in [-0.25, -0.2) is 0 Å². The van der Waals surface area contributed by atoms with Crippen molar-refractivity contribution in [2.75, 3.05) is 13.7 Å². The Hall–Kier alpha value is -2.20. The lowest BCUT2D eigenvalue weighted by atomic mass is 10.2. The number of carbonyl (C=O) groups excluding carboxylic acids is 4. The predicted octanol–water partition coefficient (Wildman–Crippen LogP) is 1.69. The number of methoxy groups -OCH3 is 1. The lowest BCUT2D eigenvalue weighted by molar-refractivity contribution is -0.165. The van der Waals surface area contributed by atoms with Crippen molar-refractivity contribution in [3.63, 3.8) is 0 Å². The van der Waals surface area contributed by atoms with Crippen molar-refractivity contribution in [1.82, 2.24) is 0 Å². The van der Waals surface area contributed by atoms with Gasteiger partial charge in [0, 0.05) is 13.5 Å². The molecule has 1 rings (SSSR count). The van der Waals surface area contributed by atoms with Gasteiger partial charge in [-0.05, 0) is 34.6 Å². The molecule has 0 radical (unpaired) electrons. The Morgan fingerprint density at radius 2 is 1.32 bits per heavy atom. The van der Waals surface area contributed by atoms with Gasteiger partial charge in [0.2, 0.25) is 0 Å². The zero-order valence-corrected chi connectivity index (χ0v) is 19.3. The number of rotatable bonds is 6. The molecule has 0 amide bonds. The highest BCUT2D eigenvalue weighted by atomic mass is 16.6. The molecule has 1 fully saturated rings. The SMILES string of the molecule is CC1CC(=O)O[C@H](C)CC(=O)O[C@H](C)CC(=O)O1.CO[C@H](C)CC(=O)OCCC(C)O. The van der Waals surface area contributed by atoms with Crippen LogP contribution in [0.15, 0.2) is 0 Å². The van der Waals surface area contributed by atoms with Crippen LogP contribution in [0.2, 0.25) is 0 Å². The number of hydrogen-bond donors (Lipinski definition) is 1. The molecule has 5 atom stereocenters. The molecule has 1 aliphatic rings. The molecule has 1 N–H and O–H groups in total. The summed E-state index contributed by atoms with van der Waals surface area (Å²) in [5.41, 5.74) is 0. The Morgan fingerprint density at radius 1 is 0.935 bits per heavy atom. The normalized spacial score (nSPS) is 24.6. The van der Waals surface area contributed by atoms with E-state index in [9.17, 15) is 19.2 Å². The summed E-state index contributed by atoms with van der Waals surface area (Å²) >= 11 is 0. The van der Waals surface area contributed by atoms with Gasteiger partial charge in [0.25, 0.3) is 0 Å². The molecule has 0 aromatic heterocycles. The third kappa shape index (κ3) is 16.2. The van der Waals surface area contributed by atoms with Gasteiger partial charge in [-0.15, -0.1) is 0 Å². The van der Waals surface area contributed by atoms with E-state index < -0.39 is 42.3 Å². The molecule has 10 nitrogen and oxygen atoms in total. The van der Waals surface area contributed by atoms with Crippen LogP contribution in [0.5, 0.6) is 0 Å². The Morgan fingerprint density at radius 3 is 1.65 bits per heavy atom. The van der Waals surface area contributed by atoms with Gasteiger partial charge in [-0.2, -0.15) is 0 Å². The largest absolute Gasteiger partial charge is 0.466 e. The van der Waals surface area contributed by atoms with Crippen molar-refractivity contribution < 1.29 is 48.0 Å². The number of aliphatic hydroxyl groups is 1. The quantitative estimate of drug-likeness (QED) is 0.472. The summed E-state index contributed by atoms with van der Waals surface area (Å²) < 4.78 is 24.8. The smallest absolute Gasteiger partial charge is 0.309 e. The molecule has 10 heteroatoms. The van der Waals surface area contributed by atoms with Crippen molar-refractivity contribution in [3.05, 3.63) is 0 Å². The average Bonchev–Trinajstić information content (AvgIpc) is 2.59. The number of esters is 4. The molecule has 0 aromatic carbocycles. The fraction of sp³-hybridized carbons (Fsp3) is 0.810. The molecular weight excluding hydrogens is 412 g/mol. The molecule has 1 aliphatic heterocycles. The number of cyclic esters (lactones) is 3. The van der Waals surface area contributed by atoms with Gasteiger partial charge >= 0.3 is 23.9 Å². The monoisotopic (exact) mass is 448 g/mol. The predicted molar refractivity (Wildman–Crippen MR) is 109 cm³/mol. The zero-order chi connectivity index (χ0) is 24.0. The van der Waals surface area contributed by atoms with E-state index in [0.717, 1.165) is 0 Å². The van der Waals surface area contributed by atoms with Gasteiger partial charge in [0.05, 0.1) is 44.5 Å². The van der Waals surface area contributed by atoms with E-state index in [4.69, 9.17) is 28.8 Å². The molecule has 0 spiro atoms. The van der Waals surface area contributed by atoms with E-state index in [1.165, 1.54) is 0 Å². The summed E-state index contributed by atoms with van der Waals surface area (Å²) in [6.45, 7) is 8.58. The summed E-state index contributed by atoms with van der Waals surface area (Å²) in [4.78, 5) is 45.3. The number of ether oxygens (including phenoxy) is 5. The Balaban J connectivity index is 0.000000615. The minimum absolute atomic E-state index is 0.0144. The highest BCUT2D eigenvalue weighted by Crippen LogP contribution is 2.11. The number of hydrogen-bond acceptors (Lipinski definition) is 10. The second-order valence-electron chi connectivity index (χ2n) is 7.62. The summed E-state index contributed by atoms with van der Waals surface area (Å²) in [5, 5.41) is 8.88. The van der Waals surface area contributed by atoms with Crippen molar-refractivity contribution >= 4 is 23.9 Å². The first kappa shape index (κ1) is 28.8.